The Hall–Kier alpha value is -2.15. The molecule has 0 bridgehead atoms. The Balaban J connectivity index is 1.65. The van der Waals surface area contributed by atoms with Crippen LogP contribution in [0.2, 0.25) is 0 Å². The molecule has 0 aromatic carbocycles. The van der Waals surface area contributed by atoms with Gasteiger partial charge in [-0.3, -0.25) is 14.0 Å². The van der Waals surface area contributed by atoms with Crippen LogP contribution < -0.4 is 10.9 Å². The fourth-order valence-corrected chi connectivity index (χ4v) is 4.87. The molecule has 7 heteroatoms. The van der Waals surface area contributed by atoms with Gasteiger partial charge in [0.15, 0.2) is 0 Å². The number of rotatable bonds is 4. The molecule has 26 heavy (non-hydrogen) atoms. The molecule has 0 radical (unpaired) electrons. The molecule has 3 heterocycles. The molecule has 4 rings (SSSR count). The topological polar surface area (TPSA) is 68.4 Å². The SMILES string of the molecule is CCc1nn(CC(=O)N[C@@H]2CCCC[C@@H]2C)c(=O)c2cc3ccsc3n12. The van der Waals surface area contributed by atoms with Crippen LogP contribution in [-0.2, 0) is 17.8 Å². The van der Waals surface area contributed by atoms with E-state index in [1.165, 1.54) is 11.1 Å². The minimum atomic E-state index is -0.211. The van der Waals surface area contributed by atoms with Crippen LogP contribution in [0.15, 0.2) is 22.3 Å². The summed E-state index contributed by atoms with van der Waals surface area (Å²) in [6.07, 6.45) is 5.25. The number of amides is 1. The van der Waals surface area contributed by atoms with E-state index in [0.29, 0.717) is 17.9 Å². The predicted molar refractivity (Wildman–Crippen MR) is 104 cm³/mol. The molecule has 0 spiro atoms. The molecular weight excluding hydrogens is 348 g/mol. The zero-order valence-electron chi connectivity index (χ0n) is 15.2. The average molecular weight is 372 g/mol. The fourth-order valence-electron chi connectivity index (χ4n) is 3.95. The summed E-state index contributed by atoms with van der Waals surface area (Å²) >= 11 is 1.60. The number of fused-ring (bicyclic) bond motifs is 3. The standard InChI is InChI=1S/C19H24N4O2S/c1-3-16-21-22(11-17(24)20-14-7-5-4-6-12(14)2)18(25)15-10-13-8-9-26-19(13)23(15)16/h8-10,12,14H,3-7,11H2,1-2H3,(H,20,24)/t12-,14+/m0/s1. The molecule has 138 valence electrons. The van der Waals surface area contributed by atoms with Crippen molar-refractivity contribution in [3.05, 3.63) is 33.7 Å². The highest BCUT2D eigenvalue weighted by Gasteiger charge is 2.23. The monoisotopic (exact) mass is 372 g/mol. The predicted octanol–water partition coefficient (Wildman–Crippen LogP) is 2.97. The van der Waals surface area contributed by atoms with Crippen LogP contribution in [0.25, 0.3) is 15.7 Å². The highest BCUT2D eigenvalue weighted by molar-refractivity contribution is 7.16. The normalized spacial score (nSPS) is 20.7. The molecule has 1 amide bonds. The van der Waals surface area contributed by atoms with Gasteiger partial charge in [-0.25, -0.2) is 4.68 Å². The second-order valence-corrected chi connectivity index (χ2v) is 8.11. The van der Waals surface area contributed by atoms with Crippen LogP contribution in [-0.4, -0.2) is 26.1 Å². The van der Waals surface area contributed by atoms with Crippen molar-refractivity contribution in [3.8, 4) is 0 Å². The van der Waals surface area contributed by atoms with Crippen molar-refractivity contribution in [2.45, 2.75) is 58.5 Å². The molecule has 1 fully saturated rings. The summed E-state index contributed by atoms with van der Waals surface area (Å²) in [5, 5.41) is 10.7. The summed E-state index contributed by atoms with van der Waals surface area (Å²) in [5.41, 5.74) is 0.384. The summed E-state index contributed by atoms with van der Waals surface area (Å²) in [5.74, 6) is 1.16. The zero-order chi connectivity index (χ0) is 18.3. The highest BCUT2D eigenvalue weighted by Crippen LogP contribution is 2.25. The number of aryl methyl sites for hydroxylation is 1. The van der Waals surface area contributed by atoms with Crippen molar-refractivity contribution in [2.75, 3.05) is 0 Å². The number of carbonyl (C=O) groups is 1. The lowest BCUT2D eigenvalue weighted by molar-refractivity contribution is -0.123. The second kappa shape index (κ2) is 6.87. The maximum absolute atomic E-state index is 12.9. The first kappa shape index (κ1) is 17.3. The van der Waals surface area contributed by atoms with Gasteiger partial charge in [-0.15, -0.1) is 11.3 Å². The first-order chi connectivity index (χ1) is 12.6. The zero-order valence-corrected chi connectivity index (χ0v) is 16.0. The van der Waals surface area contributed by atoms with Gasteiger partial charge in [0, 0.05) is 17.8 Å². The average Bonchev–Trinajstić information content (AvgIpc) is 3.21. The van der Waals surface area contributed by atoms with Crippen molar-refractivity contribution in [1.82, 2.24) is 19.5 Å². The maximum Gasteiger partial charge on any atom is 0.291 e. The molecule has 2 atom stereocenters. The maximum atomic E-state index is 12.9. The summed E-state index contributed by atoms with van der Waals surface area (Å²) < 4.78 is 3.25. The number of hydrogen-bond acceptors (Lipinski definition) is 4. The third-order valence-electron chi connectivity index (χ3n) is 5.43. The van der Waals surface area contributed by atoms with Gasteiger partial charge in [0.05, 0.1) is 0 Å². The largest absolute Gasteiger partial charge is 0.351 e. The van der Waals surface area contributed by atoms with E-state index in [1.54, 1.807) is 11.3 Å². The van der Waals surface area contributed by atoms with Crippen LogP contribution in [0.5, 0.6) is 0 Å². The molecular formula is C19H24N4O2S. The number of aromatic nitrogens is 3. The summed E-state index contributed by atoms with van der Waals surface area (Å²) in [7, 11) is 0. The van der Waals surface area contributed by atoms with E-state index in [0.717, 1.165) is 35.3 Å². The Kier molecular flexibility index (Phi) is 4.56. The Bertz CT molecular complexity index is 1020. The van der Waals surface area contributed by atoms with E-state index in [2.05, 4.69) is 17.3 Å². The fraction of sp³-hybridized carbons (Fsp3) is 0.526. The van der Waals surface area contributed by atoms with Crippen molar-refractivity contribution in [1.29, 1.82) is 0 Å². The van der Waals surface area contributed by atoms with Gasteiger partial charge >= 0.3 is 0 Å². The van der Waals surface area contributed by atoms with Gasteiger partial charge < -0.3 is 5.32 Å². The summed E-state index contributed by atoms with van der Waals surface area (Å²) in [6.45, 7) is 4.17. The van der Waals surface area contributed by atoms with E-state index >= 15 is 0 Å². The van der Waals surface area contributed by atoms with Crippen molar-refractivity contribution < 1.29 is 4.79 Å². The van der Waals surface area contributed by atoms with Crippen LogP contribution in [0, 0.1) is 5.92 Å². The van der Waals surface area contributed by atoms with Crippen LogP contribution in [0.4, 0.5) is 0 Å². The number of nitrogens with zero attached hydrogens (tertiary/aromatic N) is 3. The minimum absolute atomic E-state index is 0.0234. The van der Waals surface area contributed by atoms with Gasteiger partial charge in [-0.2, -0.15) is 5.10 Å². The van der Waals surface area contributed by atoms with E-state index < -0.39 is 0 Å². The van der Waals surface area contributed by atoms with Crippen LogP contribution in [0.1, 0.15) is 45.4 Å². The number of thiophene rings is 1. The lowest BCUT2D eigenvalue weighted by atomic mass is 9.86. The molecule has 0 aliphatic heterocycles. The van der Waals surface area contributed by atoms with E-state index in [1.807, 2.05) is 28.8 Å². The Morgan fingerprint density at radius 2 is 2.19 bits per heavy atom. The number of carbonyl (C=O) groups excluding carboxylic acids is 1. The van der Waals surface area contributed by atoms with Gasteiger partial charge in [0.25, 0.3) is 5.56 Å². The van der Waals surface area contributed by atoms with Crippen LogP contribution >= 0.6 is 11.3 Å². The molecule has 1 aliphatic carbocycles. The molecule has 6 nitrogen and oxygen atoms in total. The summed E-state index contributed by atoms with van der Waals surface area (Å²) in [4.78, 5) is 26.4. The molecule has 1 saturated carbocycles. The van der Waals surface area contributed by atoms with Crippen molar-refractivity contribution >= 4 is 33.0 Å². The van der Waals surface area contributed by atoms with Gasteiger partial charge in [0.2, 0.25) is 5.91 Å². The Morgan fingerprint density at radius 3 is 2.96 bits per heavy atom. The number of hydrogen-bond donors (Lipinski definition) is 1. The third-order valence-corrected chi connectivity index (χ3v) is 6.34. The molecule has 0 unspecified atom stereocenters. The smallest absolute Gasteiger partial charge is 0.291 e. The highest BCUT2D eigenvalue weighted by atomic mass is 32.1. The summed E-state index contributed by atoms with van der Waals surface area (Å²) in [6, 6.07) is 4.11. The van der Waals surface area contributed by atoms with Crippen LogP contribution in [0.3, 0.4) is 0 Å². The Morgan fingerprint density at radius 1 is 1.38 bits per heavy atom. The van der Waals surface area contributed by atoms with E-state index in [4.69, 9.17) is 0 Å². The molecule has 1 aliphatic rings. The van der Waals surface area contributed by atoms with Crippen molar-refractivity contribution in [2.24, 2.45) is 5.92 Å². The first-order valence-corrected chi connectivity index (χ1v) is 10.2. The van der Waals surface area contributed by atoms with Gasteiger partial charge in [-0.05, 0) is 36.3 Å². The molecule has 3 aromatic rings. The van der Waals surface area contributed by atoms with Crippen molar-refractivity contribution in [3.63, 3.8) is 0 Å². The minimum Gasteiger partial charge on any atom is -0.351 e. The lowest BCUT2D eigenvalue weighted by Gasteiger charge is -2.29. The van der Waals surface area contributed by atoms with E-state index in [9.17, 15) is 9.59 Å². The lowest BCUT2D eigenvalue weighted by Crippen LogP contribution is -2.44. The van der Waals surface area contributed by atoms with E-state index in [-0.39, 0.29) is 24.1 Å². The molecule has 3 aromatic heterocycles. The first-order valence-electron chi connectivity index (χ1n) is 9.36. The van der Waals surface area contributed by atoms with Gasteiger partial charge in [0.1, 0.15) is 22.7 Å². The second-order valence-electron chi connectivity index (χ2n) is 7.21. The third kappa shape index (κ3) is 2.94. The van der Waals surface area contributed by atoms with Gasteiger partial charge in [-0.1, -0.05) is 26.7 Å². The number of nitrogens with one attached hydrogen (secondary N) is 1. The molecule has 1 N–H and O–H groups in total. The molecule has 0 saturated heterocycles. The quantitative estimate of drug-likeness (QED) is 0.765. The Labute approximate surface area is 155 Å².